The van der Waals surface area contributed by atoms with E-state index in [0.29, 0.717) is 12.0 Å². The topological polar surface area (TPSA) is 24.9 Å². The third kappa shape index (κ3) is 3.01. The highest BCUT2D eigenvalue weighted by Gasteiger charge is 2.27. The molecule has 1 aliphatic rings. The fourth-order valence-corrected chi connectivity index (χ4v) is 2.47. The van der Waals surface area contributed by atoms with Crippen LogP contribution in [0.5, 0.6) is 0 Å². The molecule has 88 valence electrons. The van der Waals surface area contributed by atoms with E-state index in [4.69, 9.17) is 0 Å². The van der Waals surface area contributed by atoms with Crippen LogP contribution in [0, 0.1) is 11.2 Å². The van der Waals surface area contributed by atoms with Crippen molar-refractivity contribution < 1.29 is 4.39 Å². The average molecular weight is 222 g/mol. The molecule has 16 heavy (non-hydrogen) atoms. The molecule has 2 rings (SSSR count). The summed E-state index contributed by atoms with van der Waals surface area (Å²) < 4.78 is 12.9. The van der Waals surface area contributed by atoms with E-state index in [0.717, 1.165) is 12.1 Å². The smallest absolute Gasteiger partial charge is 0.141 e. The number of hydrogen-bond acceptors (Lipinski definition) is 2. The van der Waals surface area contributed by atoms with E-state index in [1.54, 1.807) is 6.20 Å². The van der Waals surface area contributed by atoms with Crippen LogP contribution in [0.4, 0.5) is 4.39 Å². The monoisotopic (exact) mass is 222 g/mol. The van der Waals surface area contributed by atoms with E-state index in [1.165, 1.54) is 37.9 Å². The van der Waals surface area contributed by atoms with Gasteiger partial charge in [-0.05, 0) is 29.9 Å². The summed E-state index contributed by atoms with van der Waals surface area (Å²) in [7, 11) is 0. The highest BCUT2D eigenvalue weighted by Crippen LogP contribution is 2.36. The van der Waals surface area contributed by atoms with Gasteiger partial charge in [0.15, 0.2) is 0 Å². The molecule has 1 fully saturated rings. The van der Waals surface area contributed by atoms with Crippen LogP contribution in [0.1, 0.15) is 38.2 Å². The quantitative estimate of drug-likeness (QED) is 0.847. The Morgan fingerprint density at radius 1 is 1.38 bits per heavy atom. The summed E-state index contributed by atoms with van der Waals surface area (Å²) in [5.74, 6) is -0.258. The minimum atomic E-state index is -0.258. The second-order valence-electron chi connectivity index (χ2n) is 5.13. The van der Waals surface area contributed by atoms with Gasteiger partial charge in [0.05, 0.1) is 6.20 Å². The van der Waals surface area contributed by atoms with E-state index < -0.39 is 0 Å². The first-order valence-electron chi connectivity index (χ1n) is 5.98. The van der Waals surface area contributed by atoms with Crippen molar-refractivity contribution in [1.29, 1.82) is 0 Å². The summed E-state index contributed by atoms with van der Waals surface area (Å²) in [5.41, 5.74) is 1.36. The van der Waals surface area contributed by atoms with Crippen LogP contribution in [0.3, 0.4) is 0 Å². The van der Waals surface area contributed by atoms with Crippen LogP contribution in [-0.2, 0) is 6.54 Å². The zero-order chi connectivity index (χ0) is 11.4. The summed E-state index contributed by atoms with van der Waals surface area (Å²) in [6, 6.07) is 1.54. The van der Waals surface area contributed by atoms with E-state index in [-0.39, 0.29) is 5.82 Å². The van der Waals surface area contributed by atoms with Gasteiger partial charge in [-0.3, -0.25) is 4.98 Å². The number of rotatable bonds is 4. The minimum Gasteiger partial charge on any atom is -0.312 e. The molecule has 1 aromatic rings. The second-order valence-corrected chi connectivity index (χ2v) is 5.13. The fourth-order valence-electron chi connectivity index (χ4n) is 2.47. The van der Waals surface area contributed by atoms with Crippen LogP contribution in [0.2, 0.25) is 0 Å². The van der Waals surface area contributed by atoms with Crippen molar-refractivity contribution in [3.05, 3.63) is 29.8 Å². The molecule has 0 spiro atoms. The summed E-state index contributed by atoms with van der Waals surface area (Å²) in [6.07, 6.45) is 8.26. The molecule has 0 aliphatic heterocycles. The van der Waals surface area contributed by atoms with Gasteiger partial charge in [-0.15, -0.1) is 0 Å². The molecule has 0 saturated heterocycles. The molecule has 0 bridgehead atoms. The molecule has 0 aromatic carbocycles. The predicted octanol–water partition coefficient (Wildman–Crippen LogP) is 2.89. The van der Waals surface area contributed by atoms with Gasteiger partial charge in [0.1, 0.15) is 5.82 Å². The fraction of sp³-hybridized carbons (Fsp3) is 0.615. The normalized spacial score (nSPS) is 18.9. The molecule has 1 saturated carbocycles. The van der Waals surface area contributed by atoms with Gasteiger partial charge in [-0.25, -0.2) is 4.39 Å². The van der Waals surface area contributed by atoms with Gasteiger partial charge >= 0.3 is 0 Å². The van der Waals surface area contributed by atoms with Crippen molar-refractivity contribution >= 4 is 0 Å². The van der Waals surface area contributed by atoms with Crippen LogP contribution in [-0.4, -0.2) is 11.5 Å². The first-order chi connectivity index (χ1) is 7.68. The lowest BCUT2D eigenvalue weighted by Gasteiger charge is -2.23. The Kier molecular flexibility index (Phi) is 3.54. The summed E-state index contributed by atoms with van der Waals surface area (Å²) in [5, 5.41) is 3.40. The number of nitrogens with one attached hydrogen (secondary N) is 1. The Bertz CT molecular complexity index is 346. The number of halogens is 1. The zero-order valence-electron chi connectivity index (χ0n) is 9.80. The van der Waals surface area contributed by atoms with E-state index in [9.17, 15) is 4.39 Å². The van der Waals surface area contributed by atoms with Gasteiger partial charge < -0.3 is 5.32 Å². The van der Waals surface area contributed by atoms with Crippen molar-refractivity contribution in [3.63, 3.8) is 0 Å². The van der Waals surface area contributed by atoms with Gasteiger partial charge in [0, 0.05) is 19.3 Å². The SMILES string of the molecule is CC1(CNCc2cncc(F)c2)CCCC1. The lowest BCUT2D eigenvalue weighted by atomic mass is 9.89. The van der Waals surface area contributed by atoms with Crippen molar-refractivity contribution in [2.24, 2.45) is 5.41 Å². The molecular weight excluding hydrogens is 203 g/mol. The summed E-state index contributed by atoms with van der Waals surface area (Å²) in [4.78, 5) is 3.84. The Labute approximate surface area is 96.3 Å². The average Bonchev–Trinajstić information content (AvgIpc) is 2.65. The predicted molar refractivity (Wildman–Crippen MR) is 62.5 cm³/mol. The van der Waals surface area contributed by atoms with Crippen LogP contribution >= 0.6 is 0 Å². The molecule has 1 aromatic heterocycles. The molecule has 0 atom stereocenters. The first kappa shape index (κ1) is 11.5. The second kappa shape index (κ2) is 4.91. The third-order valence-electron chi connectivity index (χ3n) is 3.45. The number of pyridine rings is 1. The third-order valence-corrected chi connectivity index (χ3v) is 3.45. The number of aromatic nitrogens is 1. The lowest BCUT2D eigenvalue weighted by Crippen LogP contribution is -2.29. The Morgan fingerprint density at radius 2 is 2.12 bits per heavy atom. The summed E-state index contributed by atoms with van der Waals surface area (Å²) in [6.45, 7) is 4.06. The van der Waals surface area contributed by atoms with Gasteiger partial charge in [0.25, 0.3) is 0 Å². The largest absolute Gasteiger partial charge is 0.312 e. The van der Waals surface area contributed by atoms with Gasteiger partial charge in [-0.2, -0.15) is 0 Å². The van der Waals surface area contributed by atoms with Crippen LogP contribution < -0.4 is 5.32 Å². The van der Waals surface area contributed by atoms with Crippen LogP contribution in [0.15, 0.2) is 18.5 Å². The maximum atomic E-state index is 12.9. The number of hydrogen-bond donors (Lipinski definition) is 1. The van der Waals surface area contributed by atoms with E-state index >= 15 is 0 Å². The zero-order valence-corrected chi connectivity index (χ0v) is 9.80. The van der Waals surface area contributed by atoms with Crippen LogP contribution in [0.25, 0.3) is 0 Å². The van der Waals surface area contributed by atoms with Crippen molar-refractivity contribution in [2.75, 3.05) is 6.54 Å². The van der Waals surface area contributed by atoms with Crippen molar-refractivity contribution in [2.45, 2.75) is 39.2 Å². The highest BCUT2D eigenvalue weighted by atomic mass is 19.1. The maximum Gasteiger partial charge on any atom is 0.141 e. The summed E-state index contributed by atoms with van der Waals surface area (Å²) >= 11 is 0. The van der Waals surface area contributed by atoms with Gasteiger partial charge in [0.2, 0.25) is 0 Å². The number of nitrogens with zero attached hydrogens (tertiary/aromatic N) is 1. The standard InChI is InChI=1S/C13H19FN2/c1-13(4-2-3-5-13)10-16-8-11-6-12(14)9-15-7-11/h6-7,9,16H,2-5,8,10H2,1H3. The van der Waals surface area contributed by atoms with Gasteiger partial charge in [-0.1, -0.05) is 19.8 Å². The maximum absolute atomic E-state index is 12.9. The Morgan fingerprint density at radius 3 is 2.81 bits per heavy atom. The lowest BCUT2D eigenvalue weighted by molar-refractivity contribution is 0.314. The highest BCUT2D eigenvalue weighted by molar-refractivity contribution is 5.09. The molecule has 1 N–H and O–H groups in total. The van der Waals surface area contributed by atoms with Crippen molar-refractivity contribution in [3.8, 4) is 0 Å². The van der Waals surface area contributed by atoms with E-state index in [2.05, 4.69) is 17.2 Å². The molecule has 0 radical (unpaired) electrons. The molecular formula is C13H19FN2. The first-order valence-corrected chi connectivity index (χ1v) is 5.98. The Balaban J connectivity index is 1.79. The molecule has 0 unspecified atom stereocenters. The van der Waals surface area contributed by atoms with E-state index in [1.807, 2.05) is 0 Å². The molecule has 2 nitrogen and oxygen atoms in total. The molecule has 1 heterocycles. The van der Waals surface area contributed by atoms with Crippen molar-refractivity contribution in [1.82, 2.24) is 10.3 Å². The minimum absolute atomic E-state index is 0.258. The Hall–Kier alpha value is -0.960. The molecule has 1 aliphatic carbocycles. The molecule has 3 heteroatoms. The molecule has 0 amide bonds.